The monoisotopic (exact) mass is 462 g/mol. The molecule has 2 aliphatic rings. The van der Waals surface area contributed by atoms with E-state index in [1.54, 1.807) is 24.6 Å². The molecule has 0 N–H and O–H groups in total. The summed E-state index contributed by atoms with van der Waals surface area (Å²) in [6, 6.07) is 11.5. The fourth-order valence-corrected chi connectivity index (χ4v) is 7.27. The third kappa shape index (κ3) is 4.81. The number of hydrogen-bond acceptors (Lipinski definition) is 5. The van der Waals surface area contributed by atoms with Crippen molar-refractivity contribution in [2.45, 2.75) is 48.8 Å². The van der Waals surface area contributed by atoms with Crippen LogP contribution in [0, 0.1) is 5.92 Å². The Morgan fingerprint density at radius 1 is 1.00 bits per heavy atom. The summed E-state index contributed by atoms with van der Waals surface area (Å²) in [4.78, 5) is 15.6. The normalized spacial score (nSPS) is 21.6. The van der Waals surface area contributed by atoms with Crippen molar-refractivity contribution in [1.82, 2.24) is 9.21 Å². The van der Waals surface area contributed by atoms with Crippen LogP contribution in [0.3, 0.4) is 0 Å². The van der Waals surface area contributed by atoms with Gasteiger partial charge in [0.2, 0.25) is 5.91 Å². The lowest BCUT2D eigenvalue weighted by atomic mass is 9.94. The molecule has 31 heavy (non-hydrogen) atoms. The number of carbonyl (C=O) groups is 1. The van der Waals surface area contributed by atoms with Crippen molar-refractivity contribution in [2.75, 3.05) is 26.7 Å². The number of benzene rings is 1. The Balaban J connectivity index is 1.46. The van der Waals surface area contributed by atoms with E-state index in [2.05, 4.69) is 17.0 Å². The summed E-state index contributed by atoms with van der Waals surface area (Å²) in [7, 11) is -1.79. The predicted molar refractivity (Wildman–Crippen MR) is 122 cm³/mol. The van der Waals surface area contributed by atoms with E-state index >= 15 is 0 Å². The van der Waals surface area contributed by atoms with E-state index in [4.69, 9.17) is 4.74 Å². The number of piperidine rings is 1. The van der Waals surface area contributed by atoms with Gasteiger partial charge in [0.1, 0.15) is 9.96 Å². The van der Waals surface area contributed by atoms with Gasteiger partial charge in [-0.05, 0) is 54.8 Å². The highest BCUT2D eigenvalue weighted by molar-refractivity contribution is 7.91. The quantitative estimate of drug-likeness (QED) is 0.664. The minimum Gasteiger partial charge on any atom is -0.497 e. The number of rotatable bonds is 5. The van der Waals surface area contributed by atoms with Crippen molar-refractivity contribution in [1.29, 1.82) is 0 Å². The molecule has 0 bridgehead atoms. The zero-order chi connectivity index (χ0) is 21.8. The molecule has 2 aromatic rings. The maximum Gasteiger partial charge on any atom is 0.252 e. The Morgan fingerprint density at radius 3 is 2.39 bits per heavy atom. The van der Waals surface area contributed by atoms with Crippen LogP contribution in [0.15, 0.2) is 46.0 Å². The summed E-state index contributed by atoms with van der Waals surface area (Å²) >= 11 is 1.24. The average molecular weight is 463 g/mol. The lowest BCUT2D eigenvalue weighted by Gasteiger charge is -2.36. The van der Waals surface area contributed by atoms with Gasteiger partial charge in [0.05, 0.1) is 13.2 Å². The molecule has 0 aliphatic carbocycles. The molecule has 1 aromatic heterocycles. The van der Waals surface area contributed by atoms with E-state index in [0.29, 0.717) is 30.1 Å². The van der Waals surface area contributed by atoms with E-state index in [0.717, 1.165) is 43.5 Å². The molecule has 2 fully saturated rings. The van der Waals surface area contributed by atoms with Gasteiger partial charge in [0, 0.05) is 25.6 Å². The lowest BCUT2D eigenvalue weighted by molar-refractivity contribution is -0.139. The zero-order valence-corrected chi connectivity index (χ0v) is 19.5. The lowest BCUT2D eigenvalue weighted by Crippen LogP contribution is -2.45. The molecule has 168 valence electrons. The molecular weight excluding hydrogens is 432 g/mol. The second kappa shape index (κ2) is 9.71. The number of ether oxygens (including phenoxy) is 1. The first-order chi connectivity index (χ1) is 15.0. The Hall–Kier alpha value is -1.90. The third-order valence-electron chi connectivity index (χ3n) is 6.43. The molecule has 1 aromatic carbocycles. The second-order valence-electron chi connectivity index (χ2n) is 8.28. The molecule has 3 heterocycles. The highest BCUT2D eigenvalue weighted by atomic mass is 32.2. The van der Waals surface area contributed by atoms with Gasteiger partial charge in [-0.1, -0.05) is 31.0 Å². The number of hydrogen-bond donors (Lipinski definition) is 0. The van der Waals surface area contributed by atoms with Gasteiger partial charge < -0.3 is 9.64 Å². The molecule has 2 saturated heterocycles. The van der Waals surface area contributed by atoms with Gasteiger partial charge in [0.25, 0.3) is 10.0 Å². The van der Waals surface area contributed by atoms with Gasteiger partial charge in [-0.2, -0.15) is 4.31 Å². The second-order valence-corrected chi connectivity index (χ2v) is 11.4. The van der Waals surface area contributed by atoms with Gasteiger partial charge in [-0.3, -0.25) is 4.79 Å². The Bertz CT molecular complexity index is 966. The highest BCUT2D eigenvalue weighted by Gasteiger charge is 2.36. The van der Waals surface area contributed by atoms with Crippen molar-refractivity contribution >= 4 is 27.3 Å². The van der Waals surface area contributed by atoms with Gasteiger partial charge in [0.15, 0.2) is 0 Å². The van der Waals surface area contributed by atoms with E-state index in [1.807, 2.05) is 12.1 Å². The first kappa shape index (κ1) is 22.3. The number of thiophene rings is 1. The average Bonchev–Trinajstić information content (AvgIpc) is 3.25. The van der Waals surface area contributed by atoms with Crippen LogP contribution >= 0.6 is 11.3 Å². The molecule has 4 rings (SSSR count). The predicted octanol–water partition coefficient (Wildman–Crippen LogP) is 4.30. The van der Waals surface area contributed by atoms with Crippen LogP contribution in [-0.4, -0.2) is 50.3 Å². The summed E-state index contributed by atoms with van der Waals surface area (Å²) in [5.41, 5.74) is 1.15. The van der Waals surface area contributed by atoms with Crippen molar-refractivity contribution in [3.8, 4) is 5.75 Å². The summed E-state index contributed by atoms with van der Waals surface area (Å²) in [6.07, 6.45) is 5.38. The van der Waals surface area contributed by atoms with Crippen LogP contribution in [0.2, 0.25) is 0 Å². The summed E-state index contributed by atoms with van der Waals surface area (Å²) < 4.78 is 32.8. The van der Waals surface area contributed by atoms with E-state index < -0.39 is 10.0 Å². The fourth-order valence-electron chi connectivity index (χ4n) is 4.66. The van der Waals surface area contributed by atoms with Gasteiger partial charge >= 0.3 is 0 Å². The van der Waals surface area contributed by atoms with Crippen LogP contribution in [-0.2, 0) is 14.8 Å². The molecule has 8 heteroatoms. The summed E-state index contributed by atoms with van der Waals surface area (Å²) in [5, 5.41) is 1.78. The molecule has 0 radical (unpaired) electrons. The maximum atomic E-state index is 13.5. The third-order valence-corrected chi connectivity index (χ3v) is 9.70. The SMILES string of the molecule is COc1ccc(C2CCCCCN2C(=O)C2CCN(S(=O)(=O)c3cccs3)CC2)cc1. The van der Waals surface area contributed by atoms with Crippen LogP contribution in [0.1, 0.15) is 50.1 Å². The van der Waals surface area contributed by atoms with Crippen molar-refractivity contribution in [3.05, 3.63) is 47.3 Å². The molecule has 1 amide bonds. The van der Waals surface area contributed by atoms with Crippen LogP contribution in [0.25, 0.3) is 0 Å². The van der Waals surface area contributed by atoms with E-state index in [9.17, 15) is 13.2 Å². The smallest absolute Gasteiger partial charge is 0.252 e. The first-order valence-corrected chi connectivity index (χ1v) is 13.3. The minimum atomic E-state index is -3.44. The fraction of sp³-hybridized carbons (Fsp3) is 0.522. The molecule has 0 spiro atoms. The highest BCUT2D eigenvalue weighted by Crippen LogP contribution is 2.34. The maximum absolute atomic E-state index is 13.5. The number of amides is 1. The van der Waals surface area contributed by atoms with Crippen LogP contribution in [0.5, 0.6) is 5.75 Å². The number of methoxy groups -OCH3 is 1. The number of nitrogens with zero attached hydrogens (tertiary/aromatic N) is 2. The Labute approximate surface area is 188 Å². The Kier molecular flexibility index (Phi) is 6.99. The van der Waals surface area contributed by atoms with Crippen molar-refractivity contribution < 1.29 is 17.9 Å². The number of likely N-dealkylation sites (tertiary alicyclic amines) is 1. The summed E-state index contributed by atoms with van der Waals surface area (Å²) in [5.74, 6) is 0.874. The molecular formula is C23H30N2O4S2. The van der Waals surface area contributed by atoms with Gasteiger partial charge in [-0.15, -0.1) is 11.3 Å². The number of carbonyl (C=O) groups excluding carboxylic acids is 1. The van der Waals surface area contributed by atoms with Gasteiger partial charge in [-0.25, -0.2) is 8.42 Å². The molecule has 2 aliphatic heterocycles. The largest absolute Gasteiger partial charge is 0.497 e. The topological polar surface area (TPSA) is 66.9 Å². The van der Waals surface area contributed by atoms with Crippen molar-refractivity contribution in [2.24, 2.45) is 5.92 Å². The molecule has 1 unspecified atom stereocenters. The van der Waals surface area contributed by atoms with E-state index in [-0.39, 0.29) is 17.9 Å². The first-order valence-electron chi connectivity index (χ1n) is 11.0. The minimum absolute atomic E-state index is 0.0776. The van der Waals surface area contributed by atoms with E-state index in [1.165, 1.54) is 15.6 Å². The van der Waals surface area contributed by atoms with Crippen LogP contribution < -0.4 is 4.74 Å². The molecule has 0 saturated carbocycles. The van der Waals surface area contributed by atoms with Crippen molar-refractivity contribution in [3.63, 3.8) is 0 Å². The zero-order valence-electron chi connectivity index (χ0n) is 17.9. The standard InChI is InChI=1S/C23H30N2O4S2/c1-29-20-10-8-18(9-11-20)21-6-3-2-4-14-25(21)23(26)19-12-15-24(16-13-19)31(27,28)22-7-5-17-30-22/h5,7-11,17,19,21H,2-4,6,12-16H2,1H3. The summed E-state index contributed by atoms with van der Waals surface area (Å²) in [6.45, 7) is 1.57. The Morgan fingerprint density at radius 2 is 1.74 bits per heavy atom. The molecule has 1 atom stereocenters. The van der Waals surface area contributed by atoms with Crippen LogP contribution in [0.4, 0.5) is 0 Å². The number of sulfonamides is 1. The molecule has 6 nitrogen and oxygen atoms in total.